The third-order valence-electron chi connectivity index (χ3n) is 3.72. The molecule has 0 unspecified atom stereocenters. The second kappa shape index (κ2) is 8.85. The van der Waals surface area contributed by atoms with E-state index in [1.54, 1.807) is 6.07 Å². The van der Waals surface area contributed by atoms with Crippen LogP contribution >= 0.6 is 27.5 Å². The van der Waals surface area contributed by atoms with E-state index in [0.717, 1.165) is 4.47 Å². The molecule has 3 aromatic rings. The van der Waals surface area contributed by atoms with E-state index in [4.69, 9.17) is 16.1 Å². The molecule has 0 spiro atoms. The molecule has 7 nitrogen and oxygen atoms in total. The van der Waals surface area contributed by atoms with Crippen molar-refractivity contribution in [3.8, 4) is 0 Å². The maximum absolute atomic E-state index is 12.4. The smallest absolute Gasteiger partial charge is 0.227 e. The van der Waals surface area contributed by atoms with Gasteiger partial charge in [-0.15, -0.1) is 0 Å². The SMILES string of the molecule is O=C(CCc1nc(CS(=O)(=O)c2ccc(Cl)cc2)no1)Nc1ccccc1Br. The van der Waals surface area contributed by atoms with Crippen LogP contribution in [-0.4, -0.2) is 24.5 Å². The van der Waals surface area contributed by atoms with Gasteiger partial charge < -0.3 is 9.84 Å². The van der Waals surface area contributed by atoms with Crippen molar-refractivity contribution in [3.05, 3.63) is 69.7 Å². The molecule has 0 aliphatic heterocycles. The Morgan fingerprint density at radius 1 is 1.14 bits per heavy atom. The van der Waals surface area contributed by atoms with Crippen molar-refractivity contribution >= 4 is 49.0 Å². The molecule has 0 aliphatic carbocycles. The van der Waals surface area contributed by atoms with Crippen LogP contribution in [0.25, 0.3) is 0 Å². The van der Waals surface area contributed by atoms with E-state index < -0.39 is 15.6 Å². The van der Waals surface area contributed by atoms with Crippen LogP contribution in [0.4, 0.5) is 5.69 Å². The zero-order valence-electron chi connectivity index (χ0n) is 14.4. The number of amides is 1. The maximum atomic E-state index is 12.4. The van der Waals surface area contributed by atoms with Crippen molar-refractivity contribution < 1.29 is 17.7 Å². The lowest BCUT2D eigenvalue weighted by Gasteiger charge is -2.05. The quantitative estimate of drug-likeness (QED) is 0.543. The van der Waals surface area contributed by atoms with Crippen LogP contribution in [0.2, 0.25) is 5.02 Å². The fourth-order valence-corrected chi connectivity index (χ4v) is 4.03. The lowest BCUT2D eigenvalue weighted by atomic mass is 10.2. The number of hydrogen-bond donors (Lipinski definition) is 1. The number of sulfone groups is 1. The molecule has 0 atom stereocenters. The molecule has 1 N–H and O–H groups in total. The first kappa shape index (κ1) is 20.5. The number of carbonyl (C=O) groups is 1. The number of halogens is 2. The molecule has 0 saturated carbocycles. The lowest BCUT2D eigenvalue weighted by molar-refractivity contribution is -0.116. The van der Waals surface area contributed by atoms with Gasteiger partial charge in [0.15, 0.2) is 15.7 Å². The maximum Gasteiger partial charge on any atom is 0.227 e. The molecule has 146 valence electrons. The summed E-state index contributed by atoms with van der Waals surface area (Å²) in [5.41, 5.74) is 0.660. The molecule has 0 saturated heterocycles. The number of hydrogen-bond acceptors (Lipinski definition) is 6. The van der Waals surface area contributed by atoms with Crippen LogP contribution < -0.4 is 5.32 Å². The van der Waals surface area contributed by atoms with Crippen LogP contribution in [0, 0.1) is 0 Å². The van der Waals surface area contributed by atoms with Gasteiger partial charge in [0.05, 0.1) is 10.6 Å². The second-order valence-electron chi connectivity index (χ2n) is 5.85. The Bertz CT molecular complexity index is 1080. The van der Waals surface area contributed by atoms with Crippen molar-refractivity contribution in [2.24, 2.45) is 0 Å². The molecule has 1 amide bonds. The van der Waals surface area contributed by atoms with Crippen LogP contribution in [0.3, 0.4) is 0 Å². The zero-order chi connectivity index (χ0) is 20.1. The van der Waals surface area contributed by atoms with E-state index in [1.807, 2.05) is 18.2 Å². The van der Waals surface area contributed by atoms with Gasteiger partial charge in [0.25, 0.3) is 0 Å². The van der Waals surface area contributed by atoms with Gasteiger partial charge in [-0.25, -0.2) is 8.42 Å². The third-order valence-corrected chi connectivity index (χ3v) is 6.29. The first-order valence-corrected chi connectivity index (χ1v) is 11.0. The van der Waals surface area contributed by atoms with Gasteiger partial charge in [0, 0.05) is 22.3 Å². The van der Waals surface area contributed by atoms with Crippen LogP contribution in [0.15, 0.2) is 62.4 Å². The normalized spacial score (nSPS) is 11.4. The molecule has 1 heterocycles. The molecular formula is C18H15BrClN3O4S. The Labute approximate surface area is 175 Å². The van der Waals surface area contributed by atoms with Gasteiger partial charge in [-0.1, -0.05) is 28.9 Å². The molecule has 10 heteroatoms. The van der Waals surface area contributed by atoms with E-state index in [1.165, 1.54) is 24.3 Å². The fraction of sp³-hybridized carbons (Fsp3) is 0.167. The minimum atomic E-state index is -3.62. The Kier molecular flexibility index (Phi) is 6.48. The average Bonchev–Trinajstić information content (AvgIpc) is 3.09. The van der Waals surface area contributed by atoms with E-state index >= 15 is 0 Å². The Morgan fingerprint density at radius 3 is 2.57 bits per heavy atom. The number of para-hydroxylation sites is 1. The topological polar surface area (TPSA) is 102 Å². The van der Waals surface area contributed by atoms with Crippen LogP contribution in [-0.2, 0) is 26.8 Å². The number of aryl methyl sites for hydroxylation is 1. The minimum Gasteiger partial charge on any atom is -0.339 e. The Morgan fingerprint density at radius 2 is 1.86 bits per heavy atom. The number of nitrogens with zero attached hydrogens (tertiary/aromatic N) is 2. The summed E-state index contributed by atoms with van der Waals surface area (Å²) in [6.45, 7) is 0. The summed E-state index contributed by atoms with van der Waals surface area (Å²) in [4.78, 5) is 16.2. The van der Waals surface area contributed by atoms with E-state index in [-0.39, 0.29) is 35.4 Å². The number of aromatic nitrogens is 2. The van der Waals surface area contributed by atoms with Gasteiger partial charge in [-0.2, -0.15) is 4.98 Å². The monoisotopic (exact) mass is 483 g/mol. The Balaban J connectivity index is 1.57. The molecule has 2 aromatic carbocycles. The highest BCUT2D eigenvalue weighted by Gasteiger charge is 2.19. The van der Waals surface area contributed by atoms with Crippen molar-refractivity contribution in [1.29, 1.82) is 0 Å². The van der Waals surface area contributed by atoms with Crippen LogP contribution in [0.5, 0.6) is 0 Å². The average molecular weight is 485 g/mol. The van der Waals surface area contributed by atoms with Crippen LogP contribution in [0.1, 0.15) is 18.1 Å². The lowest BCUT2D eigenvalue weighted by Crippen LogP contribution is -2.12. The van der Waals surface area contributed by atoms with E-state index in [0.29, 0.717) is 10.7 Å². The first-order valence-electron chi connectivity index (χ1n) is 8.18. The van der Waals surface area contributed by atoms with Crippen molar-refractivity contribution in [3.63, 3.8) is 0 Å². The van der Waals surface area contributed by atoms with Crippen molar-refractivity contribution in [1.82, 2.24) is 10.1 Å². The van der Waals surface area contributed by atoms with Crippen molar-refractivity contribution in [2.75, 3.05) is 5.32 Å². The fourth-order valence-electron chi connectivity index (χ4n) is 2.34. The molecule has 3 rings (SSSR count). The number of rotatable bonds is 7. The largest absolute Gasteiger partial charge is 0.339 e. The molecule has 0 aliphatic rings. The highest BCUT2D eigenvalue weighted by molar-refractivity contribution is 9.10. The molecule has 1 aromatic heterocycles. The number of benzene rings is 2. The highest BCUT2D eigenvalue weighted by atomic mass is 79.9. The van der Waals surface area contributed by atoms with Gasteiger partial charge in [-0.05, 0) is 52.3 Å². The number of anilines is 1. The number of carbonyl (C=O) groups excluding carboxylic acids is 1. The van der Waals surface area contributed by atoms with Gasteiger partial charge in [-0.3, -0.25) is 4.79 Å². The van der Waals surface area contributed by atoms with E-state index in [9.17, 15) is 13.2 Å². The summed E-state index contributed by atoms with van der Waals surface area (Å²) in [5, 5.41) is 6.91. The molecular weight excluding hydrogens is 470 g/mol. The highest BCUT2D eigenvalue weighted by Crippen LogP contribution is 2.21. The second-order valence-corrected chi connectivity index (χ2v) is 9.13. The summed E-state index contributed by atoms with van der Waals surface area (Å²) >= 11 is 9.13. The predicted molar refractivity (Wildman–Crippen MR) is 108 cm³/mol. The van der Waals surface area contributed by atoms with Gasteiger partial charge in [0.1, 0.15) is 5.75 Å². The summed E-state index contributed by atoms with van der Waals surface area (Å²) in [6.07, 6.45) is 0.317. The van der Waals surface area contributed by atoms with E-state index in [2.05, 4.69) is 31.4 Å². The van der Waals surface area contributed by atoms with Gasteiger partial charge >= 0.3 is 0 Å². The summed E-state index contributed by atoms with van der Waals surface area (Å²) < 4.78 is 30.6. The molecule has 0 radical (unpaired) electrons. The third kappa shape index (κ3) is 5.40. The molecule has 28 heavy (non-hydrogen) atoms. The molecule has 0 fully saturated rings. The summed E-state index contributed by atoms with van der Waals surface area (Å²) in [7, 11) is -3.62. The zero-order valence-corrected chi connectivity index (χ0v) is 17.6. The predicted octanol–water partition coefficient (Wildman–Crippen LogP) is 4.03. The van der Waals surface area contributed by atoms with Crippen molar-refractivity contribution in [2.45, 2.75) is 23.5 Å². The Hall–Kier alpha value is -2.23. The summed E-state index contributed by atoms with van der Waals surface area (Å²) in [5.74, 6) is -0.387. The van der Waals surface area contributed by atoms with Gasteiger partial charge in [0.2, 0.25) is 11.8 Å². The minimum absolute atomic E-state index is 0.0381. The summed E-state index contributed by atoms with van der Waals surface area (Å²) in [6, 6.07) is 13.1. The number of nitrogens with one attached hydrogen (secondary N) is 1. The standard InChI is InChI=1S/C18H15BrClN3O4S/c19-14-3-1-2-4-15(14)21-17(24)9-10-18-22-16(23-27-18)11-28(25,26)13-7-5-12(20)6-8-13/h1-8H,9-11H2,(H,21,24). The first-order chi connectivity index (χ1) is 13.3. The molecule has 0 bridgehead atoms.